The number of aromatic nitrogens is 2. The Morgan fingerprint density at radius 1 is 1.15 bits per heavy atom. The highest BCUT2D eigenvalue weighted by molar-refractivity contribution is 6.30. The van der Waals surface area contributed by atoms with Crippen molar-refractivity contribution in [2.75, 3.05) is 11.9 Å². The van der Waals surface area contributed by atoms with Crippen LogP contribution in [0.5, 0.6) is 0 Å². The second-order valence-corrected chi connectivity index (χ2v) is 6.15. The van der Waals surface area contributed by atoms with E-state index in [-0.39, 0.29) is 0 Å². The van der Waals surface area contributed by atoms with Gasteiger partial charge in [0, 0.05) is 22.7 Å². The lowest BCUT2D eigenvalue weighted by Gasteiger charge is -2.06. The first kappa shape index (κ1) is 17.9. The van der Waals surface area contributed by atoms with Gasteiger partial charge in [0.25, 0.3) is 0 Å². The first-order valence-electron chi connectivity index (χ1n) is 8.38. The van der Waals surface area contributed by atoms with E-state index in [2.05, 4.69) is 39.5 Å². The van der Waals surface area contributed by atoms with Crippen molar-refractivity contribution in [3.63, 3.8) is 0 Å². The molecule has 134 valence electrons. The van der Waals surface area contributed by atoms with E-state index < -0.39 is 0 Å². The molecule has 26 heavy (non-hydrogen) atoms. The summed E-state index contributed by atoms with van der Waals surface area (Å²) in [6.45, 7) is 2.57. The van der Waals surface area contributed by atoms with Gasteiger partial charge >= 0.3 is 0 Å². The highest BCUT2D eigenvalue weighted by Crippen LogP contribution is 2.18. The maximum atomic E-state index is 5.91. The Kier molecular flexibility index (Phi) is 5.86. The molecular weight excluding hydrogens is 350 g/mol. The molecule has 0 spiro atoms. The van der Waals surface area contributed by atoms with Gasteiger partial charge < -0.3 is 15.6 Å². The van der Waals surface area contributed by atoms with Gasteiger partial charge in [0.1, 0.15) is 0 Å². The van der Waals surface area contributed by atoms with Crippen molar-refractivity contribution in [1.29, 1.82) is 0 Å². The molecule has 3 rings (SSSR count). The second-order valence-electron chi connectivity index (χ2n) is 5.71. The second kappa shape index (κ2) is 8.49. The van der Waals surface area contributed by atoms with Crippen molar-refractivity contribution in [1.82, 2.24) is 10.1 Å². The van der Waals surface area contributed by atoms with Crippen LogP contribution in [0, 0.1) is 0 Å². The summed E-state index contributed by atoms with van der Waals surface area (Å²) >= 11 is 5.88. The highest BCUT2D eigenvalue weighted by atomic mass is 35.5. The largest absolute Gasteiger partial charge is 0.370 e. The monoisotopic (exact) mass is 369 g/mol. The van der Waals surface area contributed by atoms with Crippen LogP contribution in [0.15, 0.2) is 58.0 Å². The molecule has 0 fully saturated rings. The Hall–Kier alpha value is -2.86. The van der Waals surface area contributed by atoms with Crippen LogP contribution in [0.3, 0.4) is 0 Å². The van der Waals surface area contributed by atoms with E-state index in [9.17, 15) is 0 Å². The van der Waals surface area contributed by atoms with Crippen LogP contribution in [0.4, 0.5) is 5.69 Å². The molecule has 0 saturated carbocycles. The Labute approximate surface area is 157 Å². The molecule has 2 aromatic carbocycles. The zero-order chi connectivity index (χ0) is 18.4. The van der Waals surface area contributed by atoms with Crippen LogP contribution in [-0.2, 0) is 12.8 Å². The molecule has 0 aliphatic heterocycles. The third kappa shape index (κ3) is 4.83. The maximum absolute atomic E-state index is 5.91. The number of halogens is 1. The molecule has 0 atom stereocenters. The van der Waals surface area contributed by atoms with E-state index in [0.717, 1.165) is 17.7 Å². The molecule has 7 heteroatoms. The van der Waals surface area contributed by atoms with Gasteiger partial charge in [-0.2, -0.15) is 4.98 Å². The molecule has 0 saturated heterocycles. The molecule has 6 nitrogen and oxygen atoms in total. The molecule has 1 heterocycles. The van der Waals surface area contributed by atoms with Crippen LogP contribution >= 0.6 is 11.6 Å². The minimum Gasteiger partial charge on any atom is -0.370 e. The van der Waals surface area contributed by atoms with Crippen molar-refractivity contribution in [2.24, 2.45) is 10.7 Å². The van der Waals surface area contributed by atoms with Gasteiger partial charge in [0.2, 0.25) is 11.7 Å². The molecule has 3 N–H and O–H groups in total. The highest BCUT2D eigenvalue weighted by Gasteiger charge is 2.08. The molecule has 0 bridgehead atoms. The Bertz CT molecular complexity index is 872. The van der Waals surface area contributed by atoms with E-state index in [1.807, 2.05) is 24.3 Å². The smallest absolute Gasteiger partial charge is 0.228 e. The molecule has 0 aliphatic rings. The standard InChI is InChI=1S/C19H20ClN5O/c1-2-13-3-9-16(10-4-13)23-19(21)22-12-11-17-24-18(25-26-17)14-5-7-15(20)8-6-14/h3-10H,2,11-12H2,1H3,(H3,21,22,23). The predicted molar refractivity (Wildman–Crippen MR) is 104 cm³/mol. The van der Waals surface area contributed by atoms with Crippen LogP contribution < -0.4 is 11.1 Å². The lowest BCUT2D eigenvalue weighted by atomic mass is 10.1. The fourth-order valence-corrected chi connectivity index (χ4v) is 2.48. The van der Waals surface area contributed by atoms with Gasteiger partial charge in [-0.25, -0.2) is 0 Å². The molecular formula is C19H20ClN5O. The number of aryl methyl sites for hydroxylation is 1. The number of nitrogens with two attached hydrogens (primary N) is 1. The lowest BCUT2D eigenvalue weighted by molar-refractivity contribution is 0.380. The fourth-order valence-electron chi connectivity index (χ4n) is 2.36. The van der Waals surface area contributed by atoms with Crippen molar-refractivity contribution < 1.29 is 4.52 Å². The first-order chi connectivity index (χ1) is 12.6. The third-order valence-corrected chi connectivity index (χ3v) is 4.06. The first-order valence-corrected chi connectivity index (χ1v) is 8.76. The molecule has 3 aromatic rings. The SMILES string of the molecule is CCc1ccc(NC(N)=NCCc2nc(-c3ccc(Cl)cc3)no2)cc1. The van der Waals surface area contributed by atoms with Crippen LogP contribution in [0.1, 0.15) is 18.4 Å². The molecule has 1 aromatic heterocycles. The number of nitrogens with zero attached hydrogens (tertiary/aromatic N) is 3. The molecule has 0 radical (unpaired) electrons. The number of hydrogen-bond acceptors (Lipinski definition) is 4. The number of guanidine groups is 1. The van der Waals surface area contributed by atoms with E-state index in [1.54, 1.807) is 12.1 Å². The Balaban J connectivity index is 1.53. The number of anilines is 1. The molecule has 0 aliphatic carbocycles. The Morgan fingerprint density at radius 3 is 2.58 bits per heavy atom. The van der Waals surface area contributed by atoms with E-state index in [1.165, 1.54) is 5.56 Å². The summed E-state index contributed by atoms with van der Waals surface area (Å²) in [5, 5.41) is 7.70. The van der Waals surface area contributed by atoms with E-state index in [4.69, 9.17) is 21.9 Å². The number of nitrogens with one attached hydrogen (secondary N) is 1. The minimum absolute atomic E-state index is 0.353. The van der Waals surface area contributed by atoms with Crippen molar-refractivity contribution in [3.8, 4) is 11.4 Å². The average molecular weight is 370 g/mol. The number of benzene rings is 2. The fraction of sp³-hybridized carbons (Fsp3) is 0.211. The van der Waals surface area contributed by atoms with Crippen molar-refractivity contribution in [3.05, 3.63) is 65.0 Å². The van der Waals surface area contributed by atoms with Crippen LogP contribution in [-0.4, -0.2) is 22.6 Å². The van der Waals surface area contributed by atoms with Crippen LogP contribution in [0.25, 0.3) is 11.4 Å². The molecule has 0 amide bonds. The zero-order valence-electron chi connectivity index (χ0n) is 14.4. The lowest BCUT2D eigenvalue weighted by Crippen LogP contribution is -2.23. The van der Waals surface area contributed by atoms with Gasteiger partial charge in [-0.1, -0.05) is 35.8 Å². The summed E-state index contributed by atoms with van der Waals surface area (Å²) in [5.74, 6) is 1.40. The quantitative estimate of drug-likeness (QED) is 0.507. The van der Waals surface area contributed by atoms with Gasteiger partial charge in [0.05, 0.1) is 6.54 Å². The molecule has 0 unspecified atom stereocenters. The van der Waals surface area contributed by atoms with E-state index in [0.29, 0.717) is 35.7 Å². The number of hydrogen-bond donors (Lipinski definition) is 2. The topological polar surface area (TPSA) is 89.3 Å². The number of aliphatic imine (C=N–C) groups is 1. The average Bonchev–Trinajstić information content (AvgIpc) is 3.12. The van der Waals surface area contributed by atoms with Crippen molar-refractivity contribution >= 4 is 23.2 Å². The predicted octanol–water partition coefficient (Wildman–Crippen LogP) is 3.92. The van der Waals surface area contributed by atoms with Gasteiger partial charge in [-0.15, -0.1) is 0 Å². The van der Waals surface area contributed by atoms with Gasteiger partial charge in [0.15, 0.2) is 5.96 Å². The summed E-state index contributed by atoms with van der Waals surface area (Å²) < 4.78 is 5.25. The zero-order valence-corrected chi connectivity index (χ0v) is 15.2. The van der Waals surface area contributed by atoms with Gasteiger partial charge in [-0.05, 0) is 48.4 Å². The normalized spacial score (nSPS) is 11.5. The maximum Gasteiger partial charge on any atom is 0.228 e. The summed E-state index contributed by atoms with van der Waals surface area (Å²) in [4.78, 5) is 8.65. The third-order valence-electron chi connectivity index (χ3n) is 3.81. The summed E-state index contributed by atoms with van der Waals surface area (Å²) in [7, 11) is 0. The van der Waals surface area contributed by atoms with Crippen LogP contribution in [0.2, 0.25) is 5.02 Å². The van der Waals surface area contributed by atoms with Gasteiger partial charge in [-0.3, -0.25) is 4.99 Å². The summed E-state index contributed by atoms with van der Waals surface area (Å²) in [5.41, 5.74) is 8.95. The Morgan fingerprint density at radius 2 is 1.88 bits per heavy atom. The summed E-state index contributed by atoms with van der Waals surface area (Å²) in [6, 6.07) is 15.4. The van der Waals surface area contributed by atoms with Crippen molar-refractivity contribution in [2.45, 2.75) is 19.8 Å². The minimum atomic E-state index is 0.353. The number of rotatable bonds is 6. The summed E-state index contributed by atoms with van der Waals surface area (Å²) in [6.07, 6.45) is 1.52. The van der Waals surface area contributed by atoms with E-state index >= 15 is 0 Å².